The highest BCUT2D eigenvalue weighted by Crippen LogP contribution is 2.22. The first-order chi connectivity index (χ1) is 14.2. The minimum atomic E-state index is 0.0852. The average Bonchev–Trinajstić information content (AvgIpc) is 3.19. The first kappa shape index (κ1) is 19.4. The fourth-order valence-corrected chi connectivity index (χ4v) is 3.84. The van der Waals surface area contributed by atoms with Crippen molar-refractivity contribution in [2.24, 2.45) is 7.05 Å². The molecule has 1 aromatic heterocycles. The molecule has 2 aromatic carbocycles. The molecular weight excluding hydrogens is 362 g/mol. The fourth-order valence-electron chi connectivity index (χ4n) is 3.84. The van der Waals surface area contributed by atoms with Gasteiger partial charge in [-0.05, 0) is 17.7 Å². The summed E-state index contributed by atoms with van der Waals surface area (Å²) in [4.78, 5) is 22.1. The number of hydrogen-bond donors (Lipinski definition) is 1. The second kappa shape index (κ2) is 9.03. The number of hydrogen-bond acceptors (Lipinski definition) is 4. The zero-order valence-electron chi connectivity index (χ0n) is 16.7. The number of benzene rings is 2. The van der Waals surface area contributed by atoms with Gasteiger partial charge in [0.25, 0.3) is 0 Å². The Balaban J connectivity index is 1.56. The van der Waals surface area contributed by atoms with Crippen LogP contribution in [0.4, 0.5) is 5.69 Å². The minimum absolute atomic E-state index is 0.0852. The van der Waals surface area contributed by atoms with Gasteiger partial charge in [0.2, 0.25) is 5.91 Å². The summed E-state index contributed by atoms with van der Waals surface area (Å²) in [5.41, 5.74) is 2.04. The van der Waals surface area contributed by atoms with E-state index in [-0.39, 0.29) is 11.9 Å². The number of nitrogens with one attached hydrogen (secondary N) is 1. The third-order valence-corrected chi connectivity index (χ3v) is 5.40. The molecule has 6 nitrogen and oxygen atoms in total. The molecule has 1 unspecified atom stereocenters. The number of para-hydroxylation sites is 1. The van der Waals surface area contributed by atoms with Crippen LogP contribution in [0.3, 0.4) is 0 Å². The van der Waals surface area contributed by atoms with E-state index >= 15 is 0 Å². The number of carbonyl (C=O) groups excluding carboxylic acids is 1. The lowest BCUT2D eigenvalue weighted by Gasteiger charge is -2.36. The van der Waals surface area contributed by atoms with Crippen LogP contribution >= 0.6 is 0 Å². The van der Waals surface area contributed by atoms with Gasteiger partial charge < -0.3 is 14.8 Å². The summed E-state index contributed by atoms with van der Waals surface area (Å²) in [6.45, 7) is 3.40. The van der Waals surface area contributed by atoms with Crippen LogP contribution in [0, 0.1) is 0 Å². The maximum absolute atomic E-state index is 13.5. The second-order valence-electron chi connectivity index (χ2n) is 7.39. The van der Waals surface area contributed by atoms with Gasteiger partial charge in [0.1, 0.15) is 5.82 Å². The molecule has 1 aliphatic heterocycles. The molecule has 0 bridgehead atoms. The topological polar surface area (TPSA) is 53.4 Å². The lowest BCUT2D eigenvalue weighted by Crippen LogP contribution is -2.50. The maximum atomic E-state index is 13.5. The Labute approximate surface area is 171 Å². The monoisotopic (exact) mass is 389 g/mol. The molecule has 6 heteroatoms. The molecule has 2 heterocycles. The largest absolute Gasteiger partial charge is 0.337 e. The number of amides is 1. The van der Waals surface area contributed by atoms with Crippen molar-refractivity contribution in [3.05, 3.63) is 84.4 Å². The Morgan fingerprint density at radius 1 is 1.14 bits per heavy atom. The Kier molecular flexibility index (Phi) is 6.03. The molecule has 150 valence electrons. The van der Waals surface area contributed by atoms with Gasteiger partial charge >= 0.3 is 0 Å². The Morgan fingerprint density at radius 3 is 2.55 bits per heavy atom. The Bertz CT molecular complexity index is 925. The molecule has 1 aliphatic rings. The van der Waals surface area contributed by atoms with Crippen molar-refractivity contribution in [3.63, 3.8) is 0 Å². The number of carbonyl (C=O) groups is 1. The predicted molar refractivity (Wildman–Crippen MR) is 114 cm³/mol. The van der Waals surface area contributed by atoms with Crippen LogP contribution in [0.25, 0.3) is 0 Å². The third-order valence-electron chi connectivity index (χ3n) is 5.40. The number of rotatable bonds is 6. The van der Waals surface area contributed by atoms with Gasteiger partial charge in [0.15, 0.2) is 0 Å². The van der Waals surface area contributed by atoms with Crippen LogP contribution in [-0.2, 0) is 18.4 Å². The summed E-state index contributed by atoms with van der Waals surface area (Å²) in [7, 11) is 2.00. The lowest BCUT2D eigenvalue weighted by molar-refractivity contribution is -0.120. The predicted octanol–water partition coefficient (Wildman–Crippen LogP) is 2.60. The highest BCUT2D eigenvalue weighted by molar-refractivity contribution is 5.94. The third kappa shape index (κ3) is 4.55. The summed E-state index contributed by atoms with van der Waals surface area (Å²) in [6.07, 6.45) is 3.77. The smallest absolute Gasteiger partial charge is 0.241 e. The van der Waals surface area contributed by atoms with Gasteiger partial charge in [-0.15, -0.1) is 0 Å². The van der Waals surface area contributed by atoms with Crippen molar-refractivity contribution in [1.82, 2.24) is 19.8 Å². The molecule has 3 aromatic rings. The number of aromatic nitrogens is 2. The van der Waals surface area contributed by atoms with Crippen LogP contribution in [0.2, 0.25) is 0 Å². The maximum Gasteiger partial charge on any atom is 0.241 e. The average molecular weight is 390 g/mol. The number of aryl methyl sites for hydroxylation is 1. The van der Waals surface area contributed by atoms with Crippen molar-refractivity contribution < 1.29 is 4.79 Å². The molecule has 0 spiro atoms. The number of imidazole rings is 1. The van der Waals surface area contributed by atoms with Crippen LogP contribution < -0.4 is 10.2 Å². The summed E-state index contributed by atoms with van der Waals surface area (Å²) < 4.78 is 2.04. The molecule has 1 saturated heterocycles. The standard InChI is InChI=1S/C23H27N5O/c1-26-14-13-25-23(26)21-16-24-12-15-27(21)18-22(29)28(20-10-6-3-7-11-20)17-19-8-4-2-5-9-19/h2-11,13-14,21,24H,12,15-18H2,1H3. The molecule has 0 radical (unpaired) electrons. The second-order valence-corrected chi connectivity index (χ2v) is 7.39. The Hall–Kier alpha value is -2.96. The number of anilines is 1. The van der Waals surface area contributed by atoms with E-state index in [2.05, 4.69) is 27.3 Å². The number of nitrogens with zero attached hydrogens (tertiary/aromatic N) is 4. The zero-order chi connectivity index (χ0) is 20.1. The number of piperazine rings is 1. The van der Waals surface area contributed by atoms with Crippen LogP contribution in [0.15, 0.2) is 73.1 Å². The van der Waals surface area contributed by atoms with E-state index in [0.717, 1.165) is 36.7 Å². The van der Waals surface area contributed by atoms with Crippen LogP contribution in [-0.4, -0.2) is 46.5 Å². The summed E-state index contributed by atoms with van der Waals surface area (Å²) in [5.74, 6) is 1.08. The summed E-state index contributed by atoms with van der Waals surface area (Å²) >= 11 is 0. The molecule has 1 amide bonds. The van der Waals surface area contributed by atoms with Crippen molar-refractivity contribution in [2.45, 2.75) is 12.6 Å². The quantitative estimate of drug-likeness (QED) is 0.704. The lowest BCUT2D eigenvalue weighted by atomic mass is 10.1. The van der Waals surface area contributed by atoms with E-state index in [1.54, 1.807) is 0 Å². The normalized spacial score (nSPS) is 17.2. The Morgan fingerprint density at radius 2 is 1.86 bits per heavy atom. The summed E-state index contributed by atoms with van der Waals surface area (Å²) in [5, 5.41) is 3.43. The van der Waals surface area contributed by atoms with Gasteiger partial charge in [0.05, 0.1) is 19.1 Å². The molecule has 29 heavy (non-hydrogen) atoms. The van der Waals surface area contributed by atoms with Crippen molar-refractivity contribution >= 4 is 11.6 Å². The van der Waals surface area contributed by atoms with Gasteiger partial charge in [-0.25, -0.2) is 4.98 Å². The van der Waals surface area contributed by atoms with Crippen molar-refractivity contribution in [2.75, 3.05) is 31.1 Å². The van der Waals surface area contributed by atoms with Crippen LogP contribution in [0.5, 0.6) is 0 Å². The first-order valence-corrected chi connectivity index (χ1v) is 10.0. The molecule has 4 rings (SSSR count). The van der Waals surface area contributed by atoms with Gasteiger partial charge in [-0.1, -0.05) is 48.5 Å². The SMILES string of the molecule is Cn1ccnc1C1CNCCN1CC(=O)N(Cc1ccccc1)c1ccccc1. The summed E-state index contributed by atoms with van der Waals surface area (Å²) in [6, 6.07) is 20.1. The van der Waals surface area contributed by atoms with E-state index < -0.39 is 0 Å². The van der Waals surface area contributed by atoms with Gasteiger partial charge in [-0.2, -0.15) is 0 Å². The van der Waals surface area contributed by atoms with Gasteiger partial charge in [0, 0.05) is 44.8 Å². The molecule has 1 N–H and O–H groups in total. The zero-order valence-corrected chi connectivity index (χ0v) is 16.7. The molecular formula is C23H27N5O. The molecule has 0 aliphatic carbocycles. The fraction of sp³-hybridized carbons (Fsp3) is 0.304. The van der Waals surface area contributed by atoms with E-state index in [4.69, 9.17) is 0 Å². The van der Waals surface area contributed by atoms with Crippen molar-refractivity contribution in [1.29, 1.82) is 0 Å². The van der Waals surface area contributed by atoms with E-state index in [0.29, 0.717) is 13.1 Å². The van der Waals surface area contributed by atoms with E-state index in [1.807, 2.05) is 77.4 Å². The first-order valence-electron chi connectivity index (χ1n) is 10.0. The minimum Gasteiger partial charge on any atom is -0.337 e. The van der Waals surface area contributed by atoms with Gasteiger partial charge in [-0.3, -0.25) is 9.69 Å². The van der Waals surface area contributed by atoms with Crippen LogP contribution in [0.1, 0.15) is 17.4 Å². The van der Waals surface area contributed by atoms with E-state index in [9.17, 15) is 4.79 Å². The highest BCUT2D eigenvalue weighted by Gasteiger charge is 2.30. The molecule has 0 saturated carbocycles. The van der Waals surface area contributed by atoms with Crippen molar-refractivity contribution in [3.8, 4) is 0 Å². The molecule has 1 fully saturated rings. The highest BCUT2D eigenvalue weighted by atomic mass is 16.2. The molecule has 1 atom stereocenters. The van der Waals surface area contributed by atoms with E-state index in [1.165, 1.54) is 0 Å².